The summed E-state index contributed by atoms with van der Waals surface area (Å²) in [6.45, 7) is 3.57. The summed E-state index contributed by atoms with van der Waals surface area (Å²) < 4.78 is 0. The number of ketones is 1. The fourth-order valence-corrected chi connectivity index (χ4v) is 2.59. The Morgan fingerprint density at radius 1 is 1.28 bits per heavy atom. The van der Waals surface area contributed by atoms with Crippen molar-refractivity contribution in [2.24, 2.45) is 0 Å². The minimum atomic E-state index is -0.273. The van der Waals surface area contributed by atoms with Gasteiger partial charge in [-0.1, -0.05) is 24.3 Å². The van der Waals surface area contributed by atoms with Gasteiger partial charge in [0.2, 0.25) is 5.91 Å². The van der Waals surface area contributed by atoms with Gasteiger partial charge in [-0.2, -0.15) is 0 Å². The molecule has 0 spiro atoms. The number of fused-ring (bicyclic) bond motifs is 1. The maximum Gasteiger partial charge on any atom is 0.221 e. The van der Waals surface area contributed by atoms with Crippen LogP contribution in [0.2, 0.25) is 0 Å². The van der Waals surface area contributed by atoms with Crippen LogP contribution < -0.4 is 5.32 Å². The van der Waals surface area contributed by atoms with Crippen molar-refractivity contribution in [3.63, 3.8) is 0 Å². The molecular weight excluding hydrogens is 226 g/mol. The first-order valence-electron chi connectivity index (χ1n) is 6.40. The third-order valence-electron chi connectivity index (χ3n) is 3.63. The highest BCUT2D eigenvalue weighted by Crippen LogP contribution is 2.36. The number of rotatable bonds is 4. The molecule has 0 radical (unpaired) electrons. The van der Waals surface area contributed by atoms with Crippen molar-refractivity contribution in [2.45, 2.75) is 45.1 Å². The van der Waals surface area contributed by atoms with Crippen molar-refractivity contribution in [1.29, 1.82) is 0 Å². The van der Waals surface area contributed by atoms with E-state index in [9.17, 15) is 9.59 Å². The molecule has 0 aromatic heterocycles. The smallest absolute Gasteiger partial charge is 0.221 e. The Kier molecular flexibility index (Phi) is 3.50. The number of amides is 1. The molecule has 1 aromatic rings. The van der Waals surface area contributed by atoms with Gasteiger partial charge < -0.3 is 10.1 Å². The summed E-state index contributed by atoms with van der Waals surface area (Å²) in [4.78, 5) is 22.7. The van der Waals surface area contributed by atoms with Crippen LogP contribution in [0.1, 0.15) is 44.2 Å². The molecule has 0 saturated carbocycles. The van der Waals surface area contributed by atoms with E-state index in [2.05, 4.69) is 24.4 Å². The van der Waals surface area contributed by atoms with E-state index in [4.69, 9.17) is 0 Å². The predicted octanol–water partition coefficient (Wildman–Crippen LogP) is 2.33. The molecule has 0 heterocycles. The van der Waals surface area contributed by atoms with Crippen molar-refractivity contribution < 1.29 is 9.59 Å². The maximum absolute atomic E-state index is 11.9. The van der Waals surface area contributed by atoms with Gasteiger partial charge in [-0.25, -0.2) is 0 Å². The van der Waals surface area contributed by atoms with Gasteiger partial charge >= 0.3 is 0 Å². The van der Waals surface area contributed by atoms with Crippen molar-refractivity contribution >= 4 is 11.7 Å². The second-order valence-electron chi connectivity index (χ2n) is 5.24. The monoisotopic (exact) mass is 245 g/mol. The molecule has 1 aliphatic carbocycles. The standard InChI is InChI=1S/C15H19NO2/c1-11(17)7-8-14(18)16-15(2)10-9-12-5-3-4-6-13(12)15/h3-6H,7-10H2,1-2H3,(H,16,18). The van der Waals surface area contributed by atoms with Crippen LogP contribution in [0, 0.1) is 0 Å². The van der Waals surface area contributed by atoms with E-state index in [1.807, 2.05) is 12.1 Å². The van der Waals surface area contributed by atoms with E-state index in [1.54, 1.807) is 0 Å². The van der Waals surface area contributed by atoms with Crippen LogP contribution in [-0.4, -0.2) is 11.7 Å². The third-order valence-corrected chi connectivity index (χ3v) is 3.63. The highest BCUT2D eigenvalue weighted by molar-refractivity contribution is 5.84. The highest BCUT2D eigenvalue weighted by atomic mass is 16.2. The lowest BCUT2D eigenvalue weighted by Gasteiger charge is -2.27. The van der Waals surface area contributed by atoms with E-state index in [0.717, 1.165) is 12.8 Å². The Bertz CT molecular complexity index is 481. The van der Waals surface area contributed by atoms with Gasteiger partial charge in [0, 0.05) is 12.8 Å². The minimum Gasteiger partial charge on any atom is -0.347 e. The highest BCUT2D eigenvalue weighted by Gasteiger charge is 2.34. The summed E-state index contributed by atoms with van der Waals surface area (Å²) in [5.41, 5.74) is 2.25. The molecule has 0 fully saturated rings. The van der Waals surface area contributed by atoms with Crippen molar-refractivity contribution in [3.8, 4) is 0 Å². The largest absolute Gasteiger partial charge is 0.347 e. The van der Waals surface area contributed by atoms with E-state index in [0.29, 0.717) is 6.42 Å². The van der Waals surface area contributed by atoms with Crippen molar-refractivity contribution in [2.75, 3.05) is 0 Å². The molecular formula is C15H19NO2. The Morgan fingerprint density at radius 2 is 2.00 bits per heavy atom. The Balaban J connectivity index is 2.05. The number of carbonyl (C=O) groups excluding carboxylic acids is 2. The summed E-state index contributed by atoms with van der Waals surface area (Å²) in [5, 5.41) is 3.08. The molecule has 3 heteroatoms. The average Bonchev–Trinajstić information content (AvgIpc) is 2.65. The molecule has 18 heavy (non-hydrogen) atoms. The molecule has 0 saturated heterocycles. The van der Waals surface area contributed by atoms with Crippen LogP contribution in [0.3, 0.4) is 0 Å². The van der Waals surface area contributed by atoms with Crippen LogP contribution in [0.25, 0.3) is 0 Å². The van der Waals surface area contributed by atoms with E-state index < -0.39 is 0 Å². The summed E-state index contributed by atoms with van der Waals surface area (Å²) in [6.07, 6.45) is 2.54. The molecule has 1 amide bonds. The first-order valence-corrected chi connectivity index (χ1v) is 6.40. The average molecular weight is 245 g/mol. The fraction of sp³-hybridized carbons (Fsp3) is 0.467. The zero-order valence-electron chi connectivity index (χ0n) is 11.0. The van der Waals surface area contributed by atoms with Crippen LogP contribution >= 0.6 is 0 Å². The van der Waals surface area contributed by atoms with Crippen molar-refractivity contribution in [1.82, 2.24) is 5.32 Å². The molecule has 0 aliphatic heterocycles. The van der Waals surface area contributed by atoms with E-state index in [-0.39, 0.29) is 23.7 Å². The van der Waals surface area contributed by atoms with Gasteiger partial charge in [0.1, 0.15) is 5.78 Å². The summed E-state index contributed by atoms with van der Waals surface area (Å²) in [6, 6.07) is 8.22. The van der Waals surface area contributed by atoms with Gasteiger partial charge in [-0.15, -0.1) is 0 Å². The summed E-state index contributed by atoms with van der Waals surface area (Å²) >= 11 is 0. The molecule has 1 unspecified atom stereocenters. The molecule has 1 aromatic carbocycles. The molecule has 2 rings (SSSR count). The molecule has 96 valence electrons. The number of aryl methyl sites for hydroxylation is 1. The predicted molar refractivity (Wildman–Crippen MR) is 70.2 cm³/mol. The van der Waals surface area contributed by atoms with E-state index >= 15 is 0 Å². The lowest BCUT2D eigenvalue weighted by molar-refractivity contribution is -0.126. The fourth-order valence-electron chi connectivity index (χ4n) is 2.59. The first kappa shape index (κ1) is 12.8. The molecule has 1 atom stereocenters. The van der Waals surface area contributed by atoms with E-state index in [1.165, 1.54) is 18.1 Å². The molecule has 1 N–H and O–H groups in total. The lowest BCUT2D eigenvalue weighted by atomic mass is 9.94. The second-order valence-corrected chi connectivity index (χ2v) is 5.24. The number of Topliss-reactive ketones (excluding diaryl/α,β-unsaturated/α-hetero) is 1. The quantitative estimate of drug-likeness (QED) is 0.885. The molecule has 3 nitrogen and oxygen atoms in total. The molecule has 0 bridgehead atoms. The number of hydrogen-bond donors (Lipinski definition) is 1. The number of carbonyl (C=O) groups is 2. The Morgan fingerprint density at radius 3 is 2.72 bits per heavy atom. The third kappa shape index (κ3) is 2.61. The maximum atomic E-state index is 11.9. The number of nitrogens with one attached hydrogen (secondary N) is 1. The normalized spacial score (nSPS) is 21.4. The molecule has 1 aliphatic rings. The SMILES string of the molecule is CC(=O)CCC(=O)NC1(C)CCc2ccccc21. The van der Waals surface area contributed by atoms with Gasteiger partial charge in [0.05, 0.1) is 5.54 Å². The summed E-state index contributed by atoms with van der Waals surface area (Å²) in [7, 11) is 0. The van der Waals surface area contributed by atoms with Crippen LogP contribution in [-0.2, 0) is 21.5 Å². The van der Waals surface area contributed by atoms with Crippen molar-refractivity contribution in [3.05, 3.63) is 35.4 Å². The number of hydrogen-bond acceptors (Lipinski definition) is 2. The zero-order valence-corrected chi connectivity index (χ0v) is 11.0. The zero-order chi connectivity index (χ0) is 13.2. The van der Waals surface area contributed by atoms with Crippen LogP contribution in [0.15, 0.2) is 24.3 Å². The first-order chi connectivity index (χ1) is 8.51. The van der Waals surface area contributed by atoms with Crippen LogP contribution in [0.4, 0.5) is 0 Å². The van der Waals surface area contributed by atoms with Gasteiger partial charge in [-0.05, 0) is 37.8 Å². The Hall–Kier alpha value is -1.64. The topological polar surface area (TPSA) is 46.2 Å². The minimum absolute atomic E-state index is 0.0376. The van der Waals surface area contributed by atoms with Crippen LogP contribution in [0.5, 0.6) is 0 Å². The lowest BCUT2D eigenvalue weighted by Crippen LogP contribution is -2.41. The number of benzene rings is 1. The van der Waals surface area contributed by atoms with Gasteiger partial charge in [-0.3, -0.25) is 4.79 Å². The Labute approximate surface area is 108 Å². The summed E-state index contributed by atoms with van der Waals surface area (Å²) in [5.74, 6) is 0.0199. The second kappa shape index (κ2) is 4.92. The van der Waals surface area contributed by atoms with Gasteiger partial charge in [0.25, 0.3) is 0 Å². The van der Waals surface area contributed by atoms with Gasteiger partial charge in [0.15, 0.2) is 0 Å².